The molecule has 0 unspecified atom stereocenters. The number of hydrogen-bond acceptors (Lipinski definition) is 3. The van der Waals surface area contributed by atoms with Crippen molar-refractivity contribution in [2.75, 3.05) is 13.7 Å². The first-order valence-corrected chi connectivity index (χ1v) is 24.9. The fraction of sp³-hybridized carbons (Fsp3) is 0.179. The van der Waals surface area contributed by atoms with Gasteiger partial charge in [-0.25, -0.2) is 0 Å². The van der Waals surface area contributed by atoms with Gasteiger partial charge in [-0.15, -0.1) is 0 Å². The lowest BCUT2D eigenvalue weighted by atomic mass is 9.64. The van der Waals surface area contributed by atoms with Gasteiger partial charge in [0.25, 0.3) is 0 Å². The maximum atomic E-state index is 5.37. The molecule has 0 saturated carbocycles. The van der Waals surface area contributed by atoms with Gasteiger partial charge in [0.15, 0.2) is 0 Å². The number of benzene rings is 8. The number of nitrogens with zero attached hydrogens (tertiary/aromatic N) is 3. The van der Waals surface area contributed by atoms with Crippen molar-refractivity contribution >= 4 is 0 Å². The number of aryl methyl sites for hydroxylation is 7. The number of hydrogen-bond donors (Lipinski definition) is 0. The average molecular weight is 904 g/mol. The van der Waals surface area contributed by atoms with E-state index in [4.69, 9.17) is 4.98 Å². The molecule has 3 aliphatic carbocycles. The summed E-state index contributed by atoms with van der Waals surface area (Å²) in [6.07, 6.45) is 6.56. The van der Waals surface area contributed by atoms with Crippen molar-refractivity contribution in [1.82, 2.24) is 14.8 Å². The van der Waals surface area contributed by atoms with Crippen LogP contribution in [0.2, 0.25) is 0 Å². The normalized spacial score (nSPS) is 15.9. The van der Waals surface area contributed by atoms with Crippen LogP contribution in [0.15, 0.2) is 188 Å². The van der Waals surface area contributed by atoms with Crippen molar-refractivity contribution in [1.29, 1.82) is 0 Å². The van der Waals surface area contributed by atoms with E-state index in [1.165, 1.54) is 128 Å². The first-order chi connectivity index (χ1) is 33.9. The molecule has 3 heteroatoms. The highest BCUT2D eigenvalue weighted by Gasteiger charge is 2.53. The molecular formula is C67H57N3. The molecular weight excluding hydrogens is 847 g/mol. The van der Waals surface area contributed by atoms with Crippen LogP contribution < -0.4 is 0 Å². The summed E-state index contributed by atoms with van der Waals surface area (Å²) in [6, 6.07) is 66.5. The van der Waals surface area contributed by atoms with E-state index in [0.717, 1.165) is 12.4 Å². The zero-order valence-corrected chi connectivity index (χ0v) is 41.4. The monoisotopic (exact) mass is 903 g/mol. The van der Waals surface area contributed by atoms with E-state index in [1.807, 2.05) is 6.20 Å². The van der Waals surface area contributed by atoms with E-state index in [1.54, 1.807) is 0 Å². The Bertz CT molecular complexity index is 3560. The summed E-state index contributed by atoms with van der Waals surface area (Å²) in [5, 5.41) is 0. The minimum Gasteiger partial charge on any atom is -0.362 e. The van der Waals surface area contributed by atoms with Crippen LogP contribution in [0.5, 0.6) is 0 Å². The maximum absolute atomic E-state index is 5.37. The Labute approximate surface area is 413 Å². The lowest BCUT2D eigenvalue weighted by Crippen LogP contribution is -2.45. The fourth-order valence-corrected chi connectivity index (χ4v) is 13.4. The number of aromatic nitrogens is 1. The van der Waals surface area contributed by atoms with Crippen LogP contribution in [-0.2, 0) is 16.4 Å². The van der Waals surface area contributed by atoms with Crippen molar-refractivity contribution in [3.63, 3.8) is 0 Å². The second kappa shape index (κ2) is 15.1. The Kier molecular flexibility index (Phi) is 9.15. The maximum Gasteiger partial charge on any atom is 0.118 e. The second-order valence-electron chi connectivity index (χ2n) is 21.1. The van der Waals surface area contributed by atoms with Crippen molar-refractivity contribution < 1.29 is 0 Å². The Balaban J connectivity index is 1.15. The van der Waals surface area contributed by atoms with Crippen LogP contribution in [0.3, 0.4) is 0 Å². The molecule has 13 rings (SSSR count). The van der Waals surface area contributed by atoms with Crippen LogP contribution in [0.25, 0.3) is 33.4 Å². The highest BCUT2D eigenvalue weighted by atomic mass is 15.4. The van der Waals surface area contributed by atoms with E-state index in [2.05, 4.69) is 248 Å². The van der Waals surface area contributed by atoms with E-state index < -0.39 is 16.4 Å². The van der Waals surface area contributed by atoms with Crippen LogP contribution >= 0.6 is 0 Å². The molecule has 1 aliphatic heterocycles. The minimum atomic E-state index is -0.693. The highest BCUT2D eigenvalue weighted by molar-refractivity contribution is 5.90. The van der Waals surface area contributed by atoms with Crippen LogP contribution in [0.4, 0.5) is 0 Å². The highest BCUT2D eigenvalue weighted by Crippen LogP contribution is 2.62. The van der Waals surface area contributed by atoms with Crippen LogP contribution in [0, 0.1) is 48.5 Å². The van der Waals surface area contributed by atoms with E-state index in [9.17, 15) is 0 Å². The standard InChI is InChI=1S/C67H57N3/c1-41-15-21-52-53-22-16-42(2)32-59(53)65(58(52)31-41,49-12-10-14-51(39-49)67(70-30-29-69(8)40-70)62-35-45(5)19-25-56(62)57-26-20-46(6)36-63(57)67)48-11-9-13-50(38-48)66(64-37-47(7)27-28-68-64)60-33-43(3)17-23-54(60)55-24-18-44(4)34-61(55)66/h9-39H,40H2,1-8H3. The largest absolute Gasteiger partial charge is 0.362 e. The molecule has 0 bridgehead atoms. The topological polar surface area (TPSA) is 19.4 Å². The molecule has 0 N–H and O–H groups in total. The molecule has 340 valence electrons. The molecule has 2 heterocycles. The third-order valence-electron chi connectivity index (χ3n) is 16.4. The molecule has 0 saturated heterocycles. The first kappa shape index (κ1) is 42.4. The number of pyridine rings is 1. The molecule has 0 atom stereocenters. The molecule has 4 aliphatic rings. The molecule has 1 aromatic heterocycles. The fourth-order valence-electron chi connectivity index (χ4n) is 13.4. The summed E-state index contributed by atoms with van der Waals surface area (Å²) < 4.78 is 0. The van der Waals surface area contributed by atoms with Gasteiger partial charge in [-0.1, -0.05) is 191 Å². The molecule has 0 fully saturated rings. The molecule has 3 nitrogen and oxygen atoms in total. The Hall–Kier alpha value is -7.75. The molecule has 8 aromatic carbocycles. The molecule has 0 spiro atoms. The van der Waals surface area contributed by atoms with Gasteiger partial charge in [0.05, 0.1) is 23.2 Å². The quantitative estimate of drug-likeness (QED) is 0.166. The zero-order chi connectivity index (χ0) is 47.8. The third-order valence-corrected chi connectivity index (χ3v) is 16.4. The van der Waals surface area contributed by atoms with Crippen LogP contribution in [0.1, 0.15) is 100 Å². The lowest BCUT2D eigenvalue weighted by molar-refractivity contribution is 0.198. The zero-order valence-electron chi connectivity index (χ0n) is 41.4. The number of rotatable bonds is 6. The van der Waals surface area contributed by atoms with E-state index in [-0.39, 0.29) is 0 Å². The Morgan fingerprint density at radius 2 is 0.714 bits per heavy atom. The average Bonchev–Trinajstić information content (AvgIpc) is 4.07. The SMILES string of the molecule is Cc1ccnc(C2(c3cccc(C4(c5cccc(C6(N7C=CN(C)C7)c7cc(C)ccc7-c7ccc(C)cc76)c5)c5cc(C)ccc5-c5ccc(C)cc54)c3)c3cc(C)ccc3-c3ccc(C)cc32)c1. The van der Waals surface area contributed by atoms with Gasteiger partial charge in [0.2, 0.25) is 0 Å². The lowest BCUT2D eigenvalue weighted by Gasteiger charge is -2.43. The summed E-state index contributed by atoms with van der Waals surface area (Å²) in [7, 11) is 2.19. The van der Waals surface area contributed by atoms with E-state index in [0.29, 0.717) is 0 Å². The van der Waals surface area contributed by atoms with Gasteiger partial charge in [-0.05, 0) is 155 Å². The van der Waals surface area contributed by atoms with Crippen molar-refractivity contribution in [3.8, 4) is 33.4 Å². The van der Waals surface area contributed by atoms with Crippen LogP contribution in [-0.4, -0.2) is 28.5 Å². The summed E-state index contributed by atoms with van der Waals surface area (Å²) in [5.74, 6) is 0. The molecule has 9 aromatic rings. The second-order valence-corrected chi connectivity index (χ2v) is 21.1. The minimum absolute atomic E-state index is 0.597. The number of fused-ring (bicyclic) bond motifs is 9. The van der Waals surface area contributed by atoms with Gasteiger partial charge in [0, 0.05) is 25.6 Å². The van der Waals surface area contributed by atoms with Gasteiger partial charge >= 0.3 is 0 Å². The van der Waals surface area contributed by atoms with Gasteiger partial charge < -0.3 is 9.80 Å². The predicted octanol–water partition coefficient (Wildman–Crippen LogP) is 14.9. The van der Waals surface area contributed by atoms with Gasteiger partial charge in [-0.3, -0.25) is 4.98 Å². The summed E-state index contributed by atoms with van der Waals surface area (Å²) in [6.45, 7) is 16.4. The van der Waals surface area contributed by atoms with E-state index >= 15 is 0 Å². The summed E-state index contributed by atoms with van der Waals surface area (Å²) >= 11 is 0. The molecule has 70 heavy (non-hydrogen) atoms. The predicted molar refractivity (Wildman–Crippen MR) is 287 cm³/mol. The molecule has 0 amide bonds. The van der Waals surface area contributed by atoms with Crippen molar-refractivity contribution in [2.45, 2.75) is 64.8 Å². The third kappa shape index (κ3) is 5.66. The van der Waals surface area contributed by atoms with Gasteiger partial charge in [0.1, 0.15) is 5.54 Å². The Morgan fingerprint density at radius 1 is 0.357 bits per heavy atom. The Morgan fingerprint density at radius 3 is 1.13 bits per heavy atom. The van der Waals surface area contributed by atoms with Crippen molar-refractivity contribution in [2.24, 2.45) is 0 Å². The smallest absolute Gasteiger partial charge is 0.118 e. The molecule has 0 radical (unpaired) electrons. The summed E-state index contributed by atoms with van der Waals surface area (Å²) in [4.78, 5) is 10.3. The van der Waals surface area contributed by atoms with Gasteiger partial charge in [-0.2, -0.15) is 0 Å². The summed E-state index contributed by atoms with van der Waals surface area (Å²) in [5.41, 5.74) is 28.3. The first-order valence-electron chi connectivity index (χ1n) is 24.9. The van der Waals surface area contributed by atoms with Crippen molar-refractivity contribution in [3.05, 3.63) is 289 Å².